The number of hydrogen-bond acceptors (Lipinski definition) is 6. The molecule has 2 aromatic carbocycles. The van der Waals surface area contributed by atoms with Crippen molar-refractivity contribution in [2.75, 3.05) is 10.6 Å². The fraction of sp³-hybridized carbons (Fsp3) is 0.143. The molecule has 0 amide bonds. The van der Waals surface area contributed by atoms with Crippen LogP contribution in [0, 0.1) is 0 Å². The summed E-state index contributed by atoms with van der Waals surface area (Å²) >= 11 is 0. The molecule has 1 unspecified atom stereocenters. The molecule has 6 heteroatoms. The third kappa shape index (κ3) is 3.91. The van der Waals surface area contributed by atoms with Crippen molar-refractivity contribution in [2.24, 2.45) is 0 Å². The van der Waals surface area contributed by atoms with E-state index in [1.165, 1.54) is 0 Å². The molecule has 4 rings (SSSR count). The Balaban J connectivity index is 1.65. The largest absolute Gasteiger partial charge is 0.467 e. The molecule has 0 saturated heterocycles. The lowest BCUT2D eigenvalue weighted by Crippen LogP contribution is -2.05. The van der Waals surface area contributed by atoms with Crippen LogP contribution in [0.4, 0.5) is 17.5 Å². The second-order valence-electron chi connectivity index (χ2n) is 6.27. The predicted octanol–water partition coefficient (Wildman–Crippen LogP) is 4.63. The molecule has 0 spiro atoms. The third-order valence-corrected chi connectivity index (χ3v) is 4.24. The molecule has 2 heterocycles. The second-order valence-corrected chi connectivity index (χ2v) is 6.27. The number of aromatic nitrogens is 2. The topological polar surface area (TPSA) is 83.2 Å². The Labute approximate surface area is 156 Å². The maximum Gasteiger partial charge on any atom is 0.229 e. The van der Waals surface area contributed by atoms with E-state index in [2.05, 4.69) is 20.6 Å². The average molecular weight is 360 g/mol. The summed E-state index contributed by atoms with van der Waals surface area (Å²) in [6.07, 6.45) is 1.12. The Morgan fingerprint density at radius 1 is 1.04 bits per heavy atom. The first-order valence-electron chi connectivity index (χ1n) is 8.77. The highest BCUT2D eigenvalue weighted by molar-refractivity contribution is 5.90. The minimum atomic E-state index is -0.533. The van der Waals surface area contributed by atoms with Gasteiger partial charge in [-0.15, -0.1) is 0 Å². The molecular weight excluding hydrogens is 340 g/mol. The normalized spacial score (nSPS) is 12.1. The van der Waals surface area contributed by atoms with E-state index in [0.717, 1.165) is 33.7 Å². The van der Waals surface area contributed by atoms with Crippen molar-refractivity contribution in [3.8, 4) is 0 Å². The molecule has 4 aromatic rings. The van der Waals surface area contributed by atoms with Gasteiger partial charge in [-0.05, 0) is 48.9 Å². The lowest BCUT2D eigenvalue weighted by molar-refractivity contribution is 0.199. The molecule has 0 saturated carbocycles. The van der Waals surface area contributed by atoms with Gasteiger partial charge in [0.05, 0.1) is 24.4 Å². The number of fused-ring (bicyclic) bond motifs is 1. The van der Waals surface area contributed by atoms with Gasteiger partial charge in [-0.1, -0.05) is 24.3 Å². The molecule has 0 bridgehead atoms. The highest BCUT2D eigenvalue weighted by Gasteiger charge is 2.09. The van der Waals surface area contributed by atoms with Crippen molar-refractivity contribution in [3.63, 3.8) is 0 Å². The van der Waals surface area contributed by atoms with Gasteiger partial charge in [0.25, 0.3) is 0 Å². The molecule has 0 radical (unpaired) electrons. The van der Waals surface area contributed by atoms with Gasteiger partial charge in [0.2, 0.25) is 5.95 Å². The first kappa shape index (κ1) is 17.1. The minimum absolute atomic E-state index is 0.485. The maximum absolute atomic E-state index is 9.78. The van der Waals surface area contributed by atoms with Crippen LogP contribution in [-0.2, 0) is 6.54 Å². The number of benzene rings is 2. The summed E-state index contributed by atoms with van der Waals surface area (Å²) in [6, 6.07) is 19.2. The van der Waals surface area contributed by atoms with Crippen LogP contribution in [0.1, 0.15) is 24.4 Å². The maximum atomic E-state index is 9.78. The zero-order valence-electron chi connectivity index (χ0n) is 14.9. The van der Waals surface area contributed by atoms with Crippen LogP contribution in [0.15, 0.2) is 71.3 Å². The lowest BCUT2D eigenvalue weighted by atomic mass is 10.1. The van der Waals surface area contributed by atoms with Gasteiger partial charge in [-0.3, -0.25) is 0 Å². The lowest BCUT2D eigenvalue weighted by Gasteiger charge is -2.12. The Bertz CT molecular complexity index is 1050. The molecule has 3 N–H and O–H groups in total. The van der Waals surface area contributed by atoms with E-state index >= 15 is 0 Å². The fourth-order valence-corrected chi connectivity index (χ4v) is 2.86. The van der Waals surface area contributed by atoms with Crippen LogP contribution >= 0.6 is 0 Å². The summed E-state index contributed by atoms with van der Waals surface area (Å²) in [6.45, 7) is 2.27. The highest BCUT2D eigenvalue weighted by Crippen LogP contribution is 2.25. The van der Waals surface area contributed by atoms with E-state index in [1.54, 1.807) is 13.2 Å². The van der Waals surface area contributed by atoms with Crippen LogP contribution in [-0.4, -0.2) is 15.1 Å². The molecule has 27 heavy (non-hydrogen) atoms. The van der Waals surface area contributed by atoms with E-state index in [0.29, 0.717) is 12.5 Å². The van der Waals surface area contributed by atoms with E-state index < -0.39 is 6.10 Å². The van der Waals surface area contributed by atoms with Crippen LogP contribution in [0.5, 0.6) is 0 Å². The summed E-state index contributed by atoms with van der Waals surface area (Å²) < 4.78 is 5.38. The Morgan fingerprint density at radius 3 is 2.74 bits per heavy atom. The number of anilines is 3. The van der Waals surface area contributed by atoms with E-state index in [9.17, 15) is 5.11 Å². The Kier molecular flexibility index (Phi) is 4.72. The van der Waals surface area contributed by atoms with Crippen molar-refractivity contribution < 1.29 is 9.52 Å². The fourth-order valence-electron chi connectivity index (χ4n) is 2.86. The van der Waals surface area contributed by atoms with Crippen LogP contribution in [0.25, 0.3) is 10.9 Å². The van der Waals surface area contributed by atoms with Gasteiger partial charge >= 0.3 is 0 Å². The number of aliphatic hydroxyl groups is 1. The molecule has 6 nitrogen and oxygen atoms in total. The van der Waals surface area contributed by atoms with E-state index in [4.69, 9.17) is 4.42 Å². The van der Waals surface area contributed by atoms with Gasteiger partial charge < -0.3 is 20.2 Å². The SMILES string of the molecule is CC(O)c1cccc(Nc2nc(NCc3ccco3)c3ccccc3n2)c1. The monoisotopic (exact) mass is 360 g/mol. The van der Waals surface area contributed by atoms with Crippen LogP contribution in [0.3, 0.4) is 0 Å². The highest BCUT2D eigenvalue weighted by atomic mass is 16.3. The molecule has 0 fully saturated rings. The number of nitrogens with one attached hydrogen (secondary N) is 2. The third-order valence-electron chi connectivity index (χ3n) is 4.24. The molecule has 1 atom stereocenters. The molecule has 136 valence electrons. The quantitative estimate of drug-likeness (QED) is 0.465. The number of aliphatic hydroxyl groups excluding tert-OH is 1. The number of para-hydroxylation sites is 1. The van der Waals surface area contributed by atoms with Crippen molar-refractivity contribution in [1.82, 2.24) is 9.97 Å². The van der Waals surface area contributed by atoms with Crippen molar-refractivity contribution in [2.45, 2.75) is 19.6 Å². The number of hydrogen-bond donors (Lipinski definition) is 3. The molecule has 2 aromatic heterocycles. The summed E-state index contributed by atoms with van der Waals surface area (Å²) in [5.74, 6) is 2.04. The van der Waals surface area contributed by atoms with Gasteiger partial charge in [-0.25, -0.2) is 4.98 Å². The zero-order chi connectivity index (χ0) is 18.6. The van der Waals surface area contributed by atoms with Gasteiger partial charge in [0.1, 0.15) is 11.6 Å². The van der Waals surface area contributed by atoms with Crippen LogP contribution in [0.2, 0.25) is 0 Å². The number of furan rings is 1. The van der Waals surface area contributed by atoms with Crippen molar-refractivity contribution >= 4 is 28.4 Å². The number of nitrogens with zero attached hydrogens (tertiary/aromatic N) is 2. The number of rotatable bonds is 6. The summed E-state index contributed by atoms with van der Waals surface area (Å²) in [5.41, 5.74) is 2.49. The second kappa shape index (κ2) is 7.47. The minimum Gasteiger partial charge on any atom is -0.467 e. The first-order valence-corrected chi connectivity index (χ1v) is 8.77. The molecule has 0 aliphatic rings. The predicted molar refractivity (Wildman–Crippen MR) is 106 cm³/mol. The summed E-state index contributed by atoms with van der Waals surface area (Å²) in [4.78, 5) is 9.24. The van der Waals surface area contributed by atoms with Crippen molar-refractivity contribution in [3.05, 3.63) is 78.3 Å². The van der Waals surface area contributed by atoms with E-state index in [-0.39, 0.29) is 0 Å². The van der Waals surface area contributed by atoms with Gasteiger partial charge in [0.15, 0.2) is 0 Å². The van der Waals surface area contributed by atoms with Gasteiger partial charge in [-0.2, -0.15) is 4.98 Å². The summed E-state index contributed by atoms with van der Waals surface area (Å²) in [7, 11) is 0. The zero-order valence-corrected chi connectivity index (χ0v) is 14.9. The molecule has 0 aliphatic carbocycles. The standard InChI is InChI=1S/C21H20N4O2/c1-14(26)15-6-4-7-16(12-15)23-21-24-19-10-3-2-9-18(19)20(25-21)22-13-17-8-5-11-27-17/h2-12,14,26H,13H2,1H3,(H2,22,23,24,25). The Morgan fingerprint density at radius 2 is 1.93 bits per heavy atom. The average Bonchev–Trinajstić information content (AvgIpc) is 3.20. The molecular formula is C21H20N4O2. The van der Waals surface area contributed by atoms with Gasteiger partial charge in [0, 0.05) is 11.1 Å². The van der Waals surface area contributed by atoms with Crippen molar-refractivity contribution in [1.29, 1.82) is 0 Å². The first-order chi connectivity index (χ1) is 13.2. The molecule has 0 aliphatic heterocycles. The van der Waals surface area contributed by atoms with Crippen LogP contribution < -0.4 is 10.6 Å². The Hall–Kier alpha value is -3.38. The smallest absolute Gasteiger partial charge is 0.229 e. The summed E-state index contributed by atoms with van der Waals surface area (Å²) in [5, 5.41) is 17.3. The van der Waals surface area contributed by atoms with E-state index in [1.807, 2.05) is 60.7 Å².